The molecule has 2 aromatic rings. The van der Waals surface area contributed by atoms with Crippen molar-refractivity contribution in [3.63, 3.8) is 0 Å². The van der Waals surface area contributed by atoms with Gasteiger partial charge in [-0.3, -0.25) is 4.79 Å². The van der Waals surface area contributed by atoms with Gasteiger partial charge in [0, 0.05) is 12.5 Å². The van der Waals surface area contributed by atoms with E-state index in [1.165, 1.54) is 11.1 Å². The summed E-state index contributed by atoms with van der Waals surface area (Å²) in [5.74, 6) is 1.66. The summed E-state index contributed by atoms with van der Waals surface area (Å²) in [4.78, 5) is 11.5. The van der Waals surface area contributed by atoms with Crippen molar-refractivity contribution in [1.82, 2.24) is 5.32 Å². The Bertz CT molecular complexity index is 804. The Labute approximate surface area is 147 Å². The molecule has 0 unspecified atom stereocenters. The summed E-state index contributed by atoms with van der Waals surface area (Å²) in [6.45, 7) is 3.91. The van der Waals surface area contributed by atoms with Crippen LogP contribution >= 0.6 is 0 Å². The first-order valence-electron chi connectivity index (χ1n) is 8.73. The van der Waals surface area contributed by atoms with Gasteiger partial charge in [-0.15, -0.1) is 0 Å². The molecule has 0 aliphatic carbocycles. The van der Waals surface area contributed by atoms with Gasteiger partial charge in [-0.05, 0) is 54.8 Å². The van der Waals surface area contributed by atoms with Gasteiger partial charge in [0.25, 0.3) is 5.91 Å². The maximum atomic E-state index is 11.5. The molecule has 2 heterocycles. The minimum atomic E-state index is -0.106. The second-order valence-electron chi connectivity index (χ2n) is 6.56. The van der Waals surface area contributed by atoms with Crippen LogP contribution in [0.3, 0.4) is 0 Å². The van der Waals surface area contributed by atoms with Gasteiger partial charge in [0.15, 0.2) is 6.61 Å². The third-order valence-electron chi connectivity index (χ3n) is 4.75. The molecule has 5 nitrogen and oxygen atoms in total. The number of benzene rings is 2. The van der Waals surface area contributed by atoms with Gasteiger partial charge in [-0.2, -0.15) is 0 Å². The summed E-state index contributed by atoms with van der Waals surface area (Å²) in [5, 5.41) is 6.41. The molecule has 0 fully saturated rings. The van der Waals surface area contributed by atoms with Gasteiger partial charge < -0.3 is 20.1 Å². The highest BCUT2D eigenvalue weighted by atomic mass is 16.5. The van der Waals surface area contributed by atoms with E-state index in [0.717, 1.165) is 48.7 Å². The Hall–Kier alpha value is -2.53. The normalized spacial score (nSPS) is 16.3. The van der Waals surface area contributed by atoms with Crippen LogP contribution in [0.4, 0.5) is 5.69 Å². The molecule has 0 aromatic heterocycles. The van der Waals surface area contributed by atoms with Crippen LogP contribution in [0, 0.1) is 0 Å². The number of rotatable bonds is 5. The first-order valence-corrected chi connectivity index (χ1v) is 8.73. The van der Waals surface area contributed by atoms with Crippen LogP contribution in [0.1, 0.15) is 29.7 Å². The summed E-state index contributed by atoms with van der Waals surface area (Å²) >= 11 is 0. The van der Waals surface area contributed by atoms with Crippen molar-refractivity contribution in [3.8, 4) is 11.5 Å². The summed E-state index contributed by atoms with van der Waals surface area (Å²) in [6.07, 6.45) is 1.98. The van der Waals surface area contributed by atoms with E-state index in [4.69, 9.17) is 9.47 Å². The summed E-state index contributed by atoms with van der Waals surface area (Å²) in [6, 6.07) is 12.6. The van der Waals surface area contributed by atoms with E-state index >= 15 is 0 Å². The molecular weight excluding hydrogens is 316 g/mol. The fourth-order valence-corrected chi connectivity index (χ4v) is 3.32. The molecule has 0 bridgehead atoms. The van der Waals surface area contributed by atoms with E-state index in [-0.39, 0.29) is 18.6 Å². The largest absolute Gasteiger partial charge is 0.493 e. The third kappa shape index (κ3) is 3.46. The predicted octanol–water partition coefficient (Wildman–Crippen LogP) is 2.85. The zero-order valence-electron chi connectivity index (χ0n) is 14.3. The zero-order chi connectivity index (χ0) is 17.2. The monoisotopic (exact) mass is 338 g/mol. The fourth-order valence-electron chi connectivity index (χ4n) is 3.32. The van der Waals surface area contributed by atoms with Crippen molar-refractivity contribution in [2.75, 3.05) is 25.1 Å². The van der Waals surface area contributed by atoms with Gasteiger partial charge in [0.1, 0.15) is 11.5 Å². The molecule has 0 spiro atoms. The minimum absolute atomic E-state index is 0.0893. The van der Waals surface area contributed by atoms with Crippen LogP contribution in [0.15, 0.2) is 36.4 Å². The lowest BCUT2D eigenvalue weighted by molar-refractivity contribution is -0.118. The topological polar surface area (TPSA) is 59.6 Å². The smallest absolute Gasteiger partial charge is 0.262 e. The molecule has 2 aliphatic heterocycles. The highest BCUT2D eigenvalue weighted by molar-refractivity contribution is 5.95. The van der Waals surface area contributed by atoms with Gasteiger partial charge >= 0.3 is 0 Å². The molecule has 130 valence electrons. The van der Waals surface area contributed by atoms with Crippen molar-refractivity contribution in [3.05, 3.63) is 53.1 Å². The van der Waals surface area contributed by atoms with E-state index < -0.39 is 0 Å². The maximum absolute atomic E-state index is 11.5. The summed E-state index contributed by atoms with van der Waals surface area (Å²) in [5.41, 5.74) is 4.53. The molecule has 0 radical (unpaired) electrons. The molecule has 25 heavy (non-hydrogen) atoms. The molecular formula is C20H22N2O3. The standard InChI is InChI=1S/C20H22N2O3/c1-13(15-3-5-19-17(11-15)22-20(23)12-25-19)21-8-6-14-2-4-18-16(10-14)7-9-24-18/h2-5,10-11,13,21H,6-9,12H2,1H3,(H,22,23)/t13-/m1/s1. The summed E-state index contributed by atoms with van der Waals surface area (Å²) < 4.78 is 11.0. The number of anilines is 1. The van der Waals surface area contributed by atoms with Crippen LogP contribution < -0.4 is 20.1 Å². The molecule has 0 saturated heterocycles. The molecule has 2 aliphatic rings. The SMILES string of the molecule is C[C@@H](NCCc1ccc2c(c1)CCO2)c1ccc2c(c1)NC(=O)CO2. The first kappa shape index (κ1) is 16.0. The second kappa shape index (κ2) is 6.76. The average Bonchev–Trinajstić information content (AvgIpc) is 3.08. The molecule has 2 aromatic carbocycles. The Morgan fingerprint density at radius 1 is 1.16 bits per heavy atom. The van der Waals surface area contributed by atoms with Gasteiger partial charge in [-0.25, -0.2) is 0 Å². The molecule has 1 amide bonds. The fraction of sp³-hybridized carbons (Fsp3) is 0.350. The van der Waals surface area contributed by atoms with Crippen molar-refractivity contribution in [2.24, 2.45) is 0 Å². The van der Waals surface area contributed by atoms with E-state index in [0.29, 0.717) is 0 Å². The Kier molecular flexibility index (Phi) is 4.32. The zero-order valence-corrected chi connectivity index (χ0v) is 14.3. The number of hydrogen-bond acceptors (Lipinski definition) is 4. The summed E-state index contributed by atoms with van der Waals surface area (Å²) in [7, 11) is 0. The lowest BCUT2D eigenvalue weighted by atomic mass is 10.0. The Morgan fingerprint density at radius 3 is 2.96 bits per heavy atom. The van der Waals surface area contributed by atoms with E-state index in [1.807, 2.05) is 18.2 Å². The molecule has 0 saturated carbocycles. The molecule has 5 heteroatoms. The van der Waals surface area contributed by atoms with Crippen molar-refractivity contribution in [2.45, 2.75) is 25.8 Å². The first-order chi connectivity index (χ1) is 12.2. The van der Waals surface area contributed by atoms with Gasteiger partial charge in [-0.1, -0.05) is 18.2 Å². The van der Waals surface area contributed by atoms with Crippen LogP contribution in [0.2, 0.25) is 0 Å². The Morgan fingerprint density at radius 2 is 2.04 bits per heavy atom. The quantitative estimate of drug-likeness (QED) is 0.880. The number of carbonyl (C=O) groups is 1. The highest BCUT2D eigenvalue weighted by Crippen LogP contribution is 2.30. The van der Waals surface area contributed by atoms with Crippen LogP contribution in [0.25, 0.3) is 0 Å². The van der Waals surface area contributed by atoms with Gasteiger partial charge in [0.05, 0.1) is 12.3 Å². The number of hydrogen-bond donors (Lipinski definition) is 2. The lowest BCUT2D eigenvalue weighted by Crippen LogP contribution is -2.26. The Balaban J connectivity index is 1.35. The number of carbonyl (C=O) groups excluding carboxylic acids is 1. The van der Waals surface area contributed by atoms with Crippen molar-refractivity contribution >= 4 is 11.6 Å². The van der Waals surface area contributed by atoms with E-state index in [2.05, 4.69) is 35.8 Å². The number of ether oxygens (including phenoxy) is 2. The van der Waals surface area contributed by atoms with Crippen molar-refractivity contribution in [1.29, 1.82) is 0 Å². The number of nitrogens with one attached hydrogen (secondary N) is 2. The lowest BCUT2D eigenvalue weighted by Gasteiger charge is -2.21. The predicted molar refractivity (Wildman–Crippen MR) is 96.3 cm³/mol. The maximum Gasteiger partial charge on any atom is 0.262 e. The second-order valence-corrected chi connectivity index (χ2v) is 6.56. The van der Waals surface area contributed by atoms with Gasteiger partial charge in [0.2, 0.25) is 0 Å². The third-order valence-corrected chi connectivity index (χ3v) is 4.75. The molecule has 2 N–H and O–H groups in total. The van der Waals surface area contributed by atoms with Crippen molar-refractivity contribution < 1.29 is 14.3 Å². The average molecular weight is 338 g/mol. The van der Waals surface area contributed by atoms with Crippen LogP contribution in [-0.2, 0) is 17.6 Å². The van der Waals surface area contributed by atoms with Crippen LogP contribution in [-0.4, -0.2) is 25.7 Å². The number of fused-ring (bicyclic) bond motifs is 2. The minimum Gasteiger partial charge on any atom is -0.493 e. The molecule has 1 atom stereocenters. The van der Waals surface area contributed by atoms with E-state index in [9.17, 15) is 4.79 Å². The highest BCUT2D eigenvalue weighted by Gasteiger charge is 2.17. The van der Waals surface area contributed by atoms with Crippen LogP contribution in [0.5, 0.6) is 11.5 Å². The number of amides is 1. The van der Waals surface area contributed by atoms with E-state index in [1.54, 1.807) is 0 Å². The molecule has 4 rings (SSSR count).